The van der Waals surface area contributed by atoms with Crippen LogP contribution in [0.5, 0.6) is 5.75 Å². The van der Waals surface area contributed by atoms with E-state index < -0.39 is 11.5 Å². The molecule has 3 N–H and O–H groups in total. The second-order valence-corrected chi connectivity index (χ2v) is 6.13. The monoisotopic (exact) mass is 302 g/mol. The van der Waals surface area contributed by atoms with Gasteiger partial charge < -0.3 is 20.4 Å². The van der Waals surface area contributed by atoms with E-state index in [1.807, 2.05) is 43.3 Å². The molecule has 0 aromatic heterocycles. The molecule has 1 amide bonds. The number of carbonyl (C=O) groups is 1. The number of carbonyl (C=O) groups excluding carboxylic acids is 1. The minimum atomic E-state index is -1.04. The predicted octanol–water partition coefficient (Wildman–Crippen LogP) is 1.59. The maximum atomic E-state index is 12.2. The molecule has 0 saturated carbocycles. The number of rotatable bonds is 5. The van der Waals surface area contributed by atoms with Crippen molar-refractivity contribution in [3.8, 4) is 5.75 Å². The lowest BCUT2D eigenvalue weighted by Gasteiger charge is -2.27. The molecule has 2 aromatic rings. The number of amides is 1. The summed E-state index contributed by atoms with van der Waals surface area (Å²) in [6.07, 6.45) is 0. The largest absolute Gasteiger partial charge is 0.507 e. The van der Waals surface area contributed by atoms with Gasteiger partial charge >= 0.3 is 0 Å². The highest BCUT2D eigenvalue weighted by atomic mass is 16.3. The summed E-state index contributed by atoms with van der Waals surface area (Å²) in [7, 11) is 3.71. The fourth-order valence-electron chi connectivity index (χ4n) is 2.51. The Balaban J connectivity index is 2.14. The Morgan fingerprint density at radius 1 is 1.23 bits per heavy atom. The predicted molar refractivity (Wildman–Crippen MR) is 87.1 cm³/mol. The maximum Gasteiger partial charge on any atom is 0.255 e. The van der Waals surface area contributed by atoms with E-state index in [2.05, 4.69) is 5.32 Å². The topological polar surface area (TPSA) is 72.8 Å². The number of fused-ring (bicyclic) bond motifs is 1. The van der Waals surface area contributed by atoms with Crippen LogP contribution in [0.25, 0.3) is 10.8 Å². The Hall–Kier alpha value is -2.11. The van der Waals surface area contributed by atoms with Crippen LogP contribution in [0, 0.1) is 0 Å². The number of aliphatic hydroxyl groups is 1. The molecule has 2 rings (SSSR count). The molecule has 0 fully saturated rings. The Morgan fingerprint density at radius 2 is 1.82 bits per heavy atom. The summed E-state index contributed by atoms with van der Waals surface area (Å²) in [5.41, 5.74) is -0.828. The van der Waals surface area contributed by atoms with Crippen LogP contribution in [0.1, 0.15) is 17.3 Å². The molecule has 0 saturated heterocycles. The number of aromatic hydroxyl groups is 1. The number of hydrogen-bond donors (Lipinski definition) is 3. The second kappa shape index (κ2) is 6.34. The van der Waals surface area contributed by atoms with Crippen LogP contribution < -0.4 is 5.32 Å². The summed E-state index contributed by atoms with van der Waals surface area (Å²) < 4.78 is 0. The second-order valence-electron chi connectivity index (χ2n) is 6.13. The molecule has 0 radical (unpaired) electrons. The van der Waals surface area contributed by atoms with Crippen LogP contribution in [0.15, 0.2) is 36.4 Å². The average Bonchev–Trinajstić information content (AvgIpc) is 2.42. The molecular weight excluding hydrogens is 280 g/mol. The van der Waals surface area contributed by atoms with E-state index in [1.54, 1.807) is 19.1 Å². The first-order chi connectivity index (χ1) is 10.3. The van der Waals surface area contributed by atoms with Crippen LogP contribution >= 0.6 is 0 Å². The minimum absolute atomic E-state index is 0.0662. The van der Waals surface area contributed by atoms with Gasteiger partial charge in [0.05, 0.1) is 11.2 Å². The third-order valence-corrected chi connectivity index (χ3v) is 3.40. The van der Waals surface area contributed by atoms with Crippen molar-refractivity contribution < 1.29 is 15.0 Å². The van der Waals surface area contributed by atoms with E-state index in [0.29, 0.717) is 6.54 Å². The number of phenols is 1. The number of likely N-dealkylation sites (N-methyl/N-ethyl adjacent to an activating group) is 1. The van der Waals surface area contributed by atoms with Gasteiger partial charge in [-0.2, -0.15) is 0 Å². The van der Waals surface area contributed by atoms with Crippen molar-refractivity contribution in [1.29, 1.82) is 0 Å². The molecule has 22 heavy (non-hydrogen) atoms. The van der Waals surface area contributed by atoms with Crippen molar-refractivity contribution in [1.82, 2.24) is 10.2 Å². The summed E-state index contributed by atoms with van der Waals surface area (Å²) in [5, 5.41) is 24.7. The first kappa shape index (κ1) is 16.3. The molecule has 1 unspecified atom stereocenters. The number of benzene rings is 2. The van der Waals surface area contributed by atoms with Gasteiger partial charge in [0.2, 0.25) is 0 Å². The molecular formula is C17H22N2O3. The Bertz CT molecular complexity index is 681. The van der Waals surface area contributed by atoms with Gasteiger partial charge in [0.1, 0.15) is 5.75 Å². The first-order valence-electron chi connectivity index (χ1n) is 7.15. The van der Waals surface area contributed by atoms with Gasteiger partial charge in [0.15, 0.2) is 0 Å². The Morgan fingerprint density at radius 3 is 2.41 bits per heavy atom. The number of nitrogens with zero attached hydrogens (tertiary/aromatic N) is 1. The fraction of sp³-hybridized carbons (Fsp3) is 0.353. The molecule has 0 aliphatic carbocycles. The highest BCUT2D eigenvalue weighted by Crippen LogP contribution is 2.24. The van der Waals surface area contributed by atoms with Gasteiger partial charge in [-0.25, -0.2) is 0 Å². The number of phenolic OH excluding ortho intramolecular Hbond substituents is 1. The zero-order valence-electron chi connectivity index (χ0n) is 13.1. The number of nitrogens with one attached hydrogen (secondary N) is 1. The summed E-state index contributed by atoms with van der Waals surface area (Å²) in [4.78, 5) is 14.1. The molecule has 0 spiro atoms. The SMILES string of the molecule is CN(C)CC(C)(O)CNC(=O)c1cc2ccccc2cc1O. The van der Waals surface area contributed by atoms with Crippen molar-refractivity contribution in [3.05, 3.63) is 42.0 Å². The zero-order chi connectivity index (χ0) is 16.3. The van der Waals surface area contributed by atoms with E-state index in [4.69, 9.17) is 0 Å². The van der Waals surface area contributed by atoms with Crippen molar-refractivity contribution in [2.75, 3.05) is 27.2 Å². The normalized spacial score (nSPS) is 14.0. The standard InChI is InChI=1S/C17H22N2O3/c1-17(22,11-19(2)3)10-18-16(21)14-8-12-6-4-5-7-13(12)9-15(14)20/h4-9,20,22H,10-11H2,1-3H3,(H,18,21). The third kappa shape index (κ3) is 3.96. The average molecular weight is 302 g/mol. The Labute approximate surface area is 130 Å². The summed E-state index contributed by atoms with van der Waals surface area (Å²) in [5.74, 6) is -0.467. The van der Waals surface area contributed by atoms with Crippen LogP contribution in [0.3, 0.4) is 0 Å². The zero-order valence-corrected chi connectivity index (χ0v) is 13.1. The minimum Gasteiger partial charge on any atom is -0.507 e. The summed E-state index contributed by atoms with van der Waals surface area (Å²) in [6, 6.07) is 10.7. The van der Waals surface area contributed by atoms with E-state index in [-0.39, 0.29) is 17.9 Å². The van der Waals surface area contributed by atoms with Crippen molar-refractivity contribution >= 4 is 16.7 Å². The van der Waals surface area contributed by atoms with Crippen LogP contribution in [0.2, 0.25) is 0 Å². The lowest BCUT2D eigenvalue weighted by Crippen LogP contribution is -2.47. The fourth-order valence-corrected chi connectivity index (χ4v) is 2.51. The molecule has 5 nitrogen and oxygen atoms in total. The van der Waals surface area contributed by atoms with Gasteiger partial charge in [-0.05, 0) is 43.9 Å². The summed E-state index contributed by atoms with van der Waals surface area (Å²) >= 11 is 0. The molecule has 0 heterocycles. The molecule has 5 heteroatoms. The maximum absolute atomic E-state index is 12.2. The third-order valence-electron chi connectivity index (χ3n) is 3.40. The van der Waals surface area contributed by atoms with Crippen LogP contribution in [0.4, 0.5) is 0 Å². The van der Waals surface area contributed by atoms with E-state index in [1.165, 1.54) is 0 Å². The molecule has 0 aliphatic rings. The van der Waals surface area contributed by atoms with Crippen LogP contribution in [-0.4, -0.2) is 53.8 Å². The number of hydrogen-bond acceptors (Lipinski definition) is 4. The van der Waals surface area contributed by atoms with Gasteiger partial charge in [-0.3, -0.25) is 4.79 Å². The lowest BCUT2D eigenvalue weighted by molar-refractivity contribution is 0.0325. The molecule has 0 aliphatic heterocycles. The highest BCUT2D eigenvalue weighted by molar-refractivity contribution is 6.01. The molecule has 118 valence electrons. The molecule has 1 atom stereocenters. The van der Waals surface area contributed by atoms with Crippen molar-refractivity contribution in [3.63, 3.8) is 0 Å². The quantitative estimate of drug-likeness (QED) is 0.784. The molecule has 2 aromatic carbocycles. The van der Waals surface area contributed by atoms with Crippen LogP contribution in [-0.2, 0) is 0 Å². The highest BCUT2D eigenvalue weighted by Gasteiger charge is 2.23. The van der Waals surface area contributed by atoms with Gasteiger partial charge in [0.25, 0.3) is 5.91 Å². The Kier molecular flexibility index (Phi) is 4.68. The van der Waals surface area contributed by atoms with Gasteiger partial charge in [0, 0.05) is 13.1 Å². The van der Waals surface area contributed by atoms with Gasteiger partial charge in [-0.1, -0.05) is 24.3 Å². The van der Waals surface area contributed by atoms with Crippen molar-refractivity contribution in [2.24, 2.45) is 0 Å². The summed E-state index contributed by atoms with van der Waals surface area (Å²) in [6.45, 7) is 2.20. The molecule has 0 bridgehead atoms. The van der Waals surface area contributed by atoms with E-state index in [9.17, 15) is 15.0 Å². The lowest BCUT2D eigenvalue weighted by atomic mass is 10.0. The van der Waals surface area contributed by atoms with Gasteiger partial charge in [-0.15, -0.1) is 0 Å². The van der Waals surface area contributed by atoms with Crippen molar-refractivity contribution in [2.45, 2.75) is 12.5 Å². The first-order valence-corrected chi connectivity index (χ1v) is 7.15. The van der Waals surface area contributed by atoms with E-state index in [0.717, 1.165) is 10.8 Å². The smallest absolute Gasteiger partial charge is 0.255 e. The van der Waals surface area contributed by atoms with E-state index >= 15 is 0 Å².